The van der Waals surface area contributed by atoms with Gasteiger partial charge in [0.2, 0.25) is 5.88 Å². The molecule has 1 heterocycles. The summed E-state index contributed by atoms with van der Waals surface area (Å²) in [6, 6.07) is 6.49. The number of rotatable bonds is 4. The minimum atomic E-state index is -0.421. The minimum Gasteiger partial charge on any atom is -0.436 e. The molecule has 1 aromatic heterocycles. The third kappa shape index (κ3) is 3.52. The molecule has 0 unspecified atom stereocenters. The Morgan fingerprint density at radius 1 is 1.37 bits per heavy atom. The standard InChI is InChI=1S/C14H14BrFN2O/c1-9-6-10(4-5-17)8-18-14(9)19-13-7-11(15)2-3-12(13)16/h2-3,6-8H,4-5,17H2,1H3. The van der Waals surface area contributed by atoms with Gasteiger partial charge in [-0.25, -0.2) is 9.37 Å². The van der Waals surface area contributed by atoms with E-state index >= 15 is 0 Å². The molecule has 0 saturated carbocycles. The van der Waals surface area contributed by atoms with E-state index in [2.05, 4.69) is 20.9 Å². The van der Waals surface area contributed by atoms with Crippen LogP contribution in [0.15, 0.2) is 34.9 Å². The number of halogens is 2. The third-order valence-electron chi connectivity index (χ3n) is 2.62. The van der Waals surface area contributed by atoms with Crippen LogP contribution < -0.4 is 10.5 Å². The summed E-state index contributed by atoms with van der Waals surface area (Å²) in [4.78, 5) is 4.20. The van der Waals surface area contributed by atoms with E-state index in [4.69, 9.17) is 10.5 Å². The van der Waals surface area contributed by atoms with Crippen LogP contribution in [0.25, 0.3) is 0 Å². The molecule has 0 aliphatic rings. The lowest BCUT2D eigenvalue weighted by Gasteiger charge is -2.10. The molecule has 0 spiro atoms. The fraction of sp³-hybridized carbons (Fsp3) is 0.214. The van der Waals surface area contributed by atoms with Crippen LogP contribution in [0.5, 0.6) is 11.6 Å². The molecule has 0 atom stereocenters. The largest absolute Gasteiger partial charge is 0.436 e. The monoisotopic (exact) mass is 324 g/mol. The summed E-state index contributed by atoms with van der Waals surface area (Å²) < 4.78 is 19.9. The smallest absolute Gasteiger partial charge is 0.222 e. The second-order valence-electron chi connectivity index (χ2n) is 4.18. The molecule has 2 rings (SSSR count). The number of hydrogen-bond acceptors (Lipinski definition) is 3. The van der Waals surface area contributed by atoms with Gasteiger partial charge < -0.3 is 10.5 Å². The summed E-state index contributed by atoms with van der Waals surface area (Å²) in [6.45, 7) is 2.44. The summed E-state index contributed by atoms with van der Waals surface area (Å²) in [6.07, 6.45) is 2.46. The first-order valence-corrected chi connectivity index (χ1v) is 6.68. The van der Waals surface area contributed by atoms with Crippen molar-refractivity contribution in [2.45, 2.75) is 13.3 Å². The van der Waals surface area contributed by atoms with Crippen molar-refractivity contribution in [1.82, 2.24) is 4.98 Å². The lowest BCUT2D eigenvalue weighted by Crippen LogP contribution is -2.04. The van der Waals surface area contributed by atoms with E-state index in [0.717, 1.165) is 22.0 Å². The highest BCUT2D eigenvalue weighted by atomic mass is 79.9. The van der Waals surface area contributed by atoms with Gasteiger partial charge in [-0.15, -0.1) is 0 Å². The second-order valence-corrected chi connectivity index (χ2v) is 5.10. The summed E-state index contributed by atoms with van der Waals surface area (Å²) >= 11 is 3.28. The number of benzene rings is 1. The topological polar surface area (TPSA) is 48.1 Å². The highest BCUT2D eigenvalue weighted by Crippen LogP contribution is 2.28. The summed E-state index contributed by atoms with van der Waals surface area (Å²) in [7, 11) is 0. The number of aryl methyl sites for hydroxylation is 1. The van der Waals surface area contributed by atoms with E-state index in [9.17, 15) is 4.39 Å². The minimum absolute atomic E-state index is 0.150. The third-order valence-corrected chi connectivity index (χ3v) is 3.11. The molecule has 100 valence electrons. The molecule has 0 saturated heterocycles. The maximum Gasteiger partial charge on any atom is 0.222 e. The predicted octanol–water partition coefficient (Wildman–Crippen LogP) is 3.59. The molecule has 1 aromatic carbocycles. The van der Waals surface area contributed by atoms with Gasteiger partial charge in [0, 0.05) is 16.2 Å². The Labute approximate surface area is 119 Å². The van der Waals surface area contributed by atoms with Crippen molar-refractivity contribution in [3.05, 3.63) is 51.9 Å². The highest BCUT2D eigenvalue weighted by Gasteiger charge is 2.09. The van der Waals surface area contributed by atoms with E-state index < -0.39 is 5.82 Å². The molecule has 19 heavy (non-hydrogen) atoms. The Morgan fingerprint density at radius 2 is 2.16 bits per heavy atom. The first kappa shape index (κ1) is 14.0. The van der Waals surface area contributed by atoms with Gasteiger partial charge in [-0.1, -0.05) is 15.9 Å². The first-order chi connectivity index (χ1) is 9.10. The number of ether oxygens (including phenoxy) is 1. The van der Waals surface area contributed by atoms with Crippen molar-refractivity contribution in [3.8, 4) is 11.6 Å². The average Bonchev–Trinajstić information content (AvgIpc) is 2.37. The maximum atomic E-state index is 13.6. The van der Waals surface area contributed by atoms with Crippen molar-refractivity contribution in [2.24, 2.45) is 5.73 Å². The van der Waals surface area contributed by atoms with Crippen LogP contribution in [0.2, 0.25) is 0 Å². The van der Waals surface area contributed by atoms with E-state index in [1.165, 1.54) is 6.07 Å². The maximum absolute atomic E-state index is 13.6. The Morgan fingerprint density at radius 3 is 2.84 bits per heavy atom. The van der Waals surface area contributed by atoms with E-state index in [1.807, 2.05) is 13.0 Å². The molecule has 3 nitrogen and oxygen atoms in total. The number of pyridine rings is 1. The summed E-state index contributed by atoms with van der Waals surface area (Å²) in [5, 5.41) is 0. The van der Waals surface area contributed by atoms with Crippen molar-refractivity contribution in [2.75, 3.05) is 6.54 Å². The van der Waals surface area contributed by atoms with Gasteiger partial charge >= 0.3 is 0 Å². The van der Waals surface area contributed by atoms with E-state index in [-0.39, 0.29) is 5.75 Å². The average molecular weight is 325 g/mol. The number of nitrogens with two attached hydrogens (primary N) is 1. The molecule has 0 bridgehead atoms. The van der Waals surface area contributed by atoms with Crippen LogP contribution in [0, 0.1) is 12.7 Å². The van der Waals surface area contributed by atoms with Crippen molar-refractivity contribution in [3.63, 3.8) is 0 Å². The molecule has 0 aliphatic heterocycles. The molecule has 2 N–H and O–H groups in total. The van der Waals surface area contributed by atoms with Gasteiger partial charge in [0.15, 0.2) is 11.6 Å². The molecule has 5 heteroatoms. The van der Waals surface area contributed by atoms with Crippen LogP contribution in [0.3, 0.4) is 0 Å². The lowest BCUT2D eigenvalue weighted by molar-refractivity contribution is 0.424. The lowest BCUT2D eigenvalue weighted by atomic mass is 10.1. The molecule has 0 aliphatic carbocycles. The Hall–Kier alpha value is -1.46. The zero-order valence-corrected chi connectivity index (χ0v) is 12.1. The van der Waals surface area contributed by atoms with Crippen LogP contribution in [-0.4, -0.2) is 11.5 Å². The Kier molecular flexibility index (Phi) is 4.50. The number of hydrogen-bond donors (Lipinski definition) is 1. The SMILES string of the molecule is Cc1cc(CCN)cnc1Oc1cc(Br)ccc1F. The summed E-state index contributed by atoms with van der Waals surface area (Å²) in [5.74, 6) is 0.129. The van der Waals surface area contributed by atoms with Gasteiger partial charge in [-0.2, -0.15) is 0 Å². The van der Waals surface area contributed by atoms with Crippen LogP contribution in [-0.2, 0) is 6.42 Å². The quantitative estimate of drug-likeness (QED) is 0.935. The zero-order valence-electron chi connectivity index (χ0n) is 10.5. The van der Waals surface area contributed by atoms with Crippen molar-refractivity contribution in [1.29, 1.82) is 0 Å². The molecular formula is C14H14BrFN2O. The normalized spacial score (nSPS) is 10.5. The number of nitrogens with zero attached hydrogens (tertiary/aromatic N) is 1. The zero-order chi connectivity index (χ0) is 13.8. The molecule has 0 fully saturated rings. The van der Waals surface area contributed by atoms with Gasteiger partial charge in [0.05, 0.1) is 0 Å². The first-order valence-electron chi connectivity index (χ1n) is 5.88. The molecule has 0 amide bonds. The van der Waals surface area contributed by atoms with E-state index in [0.29, 0.717) is 12.4 Å². The Bertz CT molecular complexity index is 590. The highest BCUT2D eigenvalue weighted by molar-refractivity contribution is 9.10. The van der Waals surface area contributed by atoms with Gasteiger partial charge in [0.25, 0.3) is 0 Å². The molecular weight excluding hydrogens is 311 g/mol. The van der Waals surface area contributed by atoms with Crippen molar-refractivity contribution >= 4 is 15.9 Å². The number of aromatic nitrogens is 1. The van der Waals surface area contributed by atoms with Crippen molar-refractivity contribution < 1.29 is 9.13 Å². The van der Waals surface area contributed by atoms with Gasteiger partial charge in [-0.05, 0) is 49.7 Å². The molecule has 2 aromatic rings. The van der Waals surface area contributed by atoms with Crippen LogP contribution in [0.4, 0.5) is 4.39 Å². The van der Waals surface area contributed by atoms with E-state index in [1.54, 1.807) is 18.3 Å². The fourth-order valence-corrected chi connectivity index (χ4v) is 2.03. The fourth-order valence-electron chi connectivity index (χ4n) is 1.69. The second kappa shape index (κ2) is 6.12. The predicted molar refractivity (Wildman–Crippen MR) is 75.9 cm³/mol. The van der Waals surface area contributed by atoms with Crippen LogP contribution in [0.1, 0.15) is 11.1 Å². The Balaban J connectivity index is 2.25. The molecule has 0 radical (unpaired) electrons. The van der Waals surface area contributed by atoms with Gasteiger partial charge in [0.1, 0.15) is 0 Å². The van der Waals surface area contributed by atoms with Gasteiger partial charge in [-0.3, -0.25) is 0 Å². The van der Waals surface area contributed by atoms with Crippen LogP contribution >= 0.6 is 15.9 Å². The summed E-state index contributed by atoms with van der Waals surface area (Å²) in [5.41, 5.74) is 7.39.